The minimum atomic E-state index is -3.86. The lowest BCUT2D eigenvalue weighted by Gasteiger charge is -2.18. The zero-order chi connectivity index (χ0) is 16.6. The standard InChI is InChI=1S/C17H13FO3S2/c1-22-13-7-5-11(6-8-13)9-12-10-23(20,21)17-14(16(12)19)3-2-4-15(17)18/h2-9H,10H2,1H3/b12-9-. The number of rotatable bonds is 2. The van der Waals surface area contributed by atoms with Gasteiger partial charge in [0.05, 0.1) is 5.75 Å². The van der Waals surface area contributed by atoms with Crippen LogP contribution in [0, 0.1) is 5.82 Å². The van der Waals surface area contributed by atoms with E-state index in [-0.39, 0.29) is 11.1 Å². The molecule has 1 heterocycles. The van der Waals surface area contributed by atoms with Gasteiger partial charge >= 0.3 is 0 Å². The third-order valence-electron chi connectivity index (χ3n) is 3.62. The van der Waals surface area contributed by atoms with E-state index in [4.69, 9.17) is 0 Å². The van der Waals surface area contributed by atoms with Crippen molar-refractivity contribution in [2.45, 2.75) is 9.79 Å². The predicted molar refractivity (Wildman–Crippen MR) is 89.0 cm³/mol. The molecule has 0 fully saturated rings. The number of hydrogen-bond donors (Lipinski definition) is 0. The highest BCUT2D eigenvalue weighted by molar-refractivity contribution is 7.98. The number of sulfone groups is 1. The minimum absolute atomic E-state index is 0.0942. The van der Waals surface area contributed by atoms with Crippen LogP contribution in [0.2, 0.25) is 0 Å². The SMILES string of the molecule is CSc1ccc(/C=C2/CS(=O)(=O)c3c(F)cccc3C2=O)cc1. The number of Topliss-reactive ketones (excluding diaryl/α,β-unsaturated/α-hetero) is 1. The van der Waals surface area contributed by atoms with Crippen LogP contribution >= 0.6 is 11.8 Å². The number of benzene rings is 2. The zero-order valence-corrected chi connectivity index (χ0v) is 13.9. The van der Waals surface area contributed by atoms with E-state index in [0.717, 1.165) is 16.5 Å². The van der Waals surface area contributed by atoms with Gasteiger partial charge in [0.1, 0.15) is 10.7 Å². The number of carbonyl (C=O) groups excluding carboxylic acids is 1. The van der Waals surface area contributed by atoms with E-state index in [1.807, 2.05) is 30.5 Å². The normalized spacial score (nSPS) is 18.0. The first kappa shape index (κ1) is 16.0. The van der Waals surface area contributed by atoms with E-state index in [1.165, 1.54) is 12.1 Å². The Labute approximate surface area is 138 Å². The lowest BCUT2D eigenvalue weighted by atomic mass is 10.0. The van der Waals surface area contributed by atoms with Gasteiger partial charge in [-0.25, -0.2) is 12.8 Å². The van der Waals surface area contributed by atoms with Crippen molar-refractivity contribution in [3.8, 4) is 0 Å². The maximum absolute atomic E-state index is 13.8. The summed E-state index contributed by atoms with van der Waals surface area (Å²) in [6, 6.07) is 11.2. The largest absolute Gasteiger partial charge is 0.289 e. The molecule has 0 bridgehead atoms. The van der Waals surface area contributed by atoms with Crippen molar-refractivity contribution in [1.29, 1.82) is 0 Å². The number of fused-ring (bicyclic) bond motifs is 1. The molecule has 3 nitrogen and oxygen atoms in total. The van der Waals surface area contributed by atoms with Gasteiger partial charge in [-0.15, -0.1) is 11.8 Å². The third-order valence-corrected chi connectivity index (χ3v) is 6.09. The van der Waals surface area contributed by atoms with Crippen molar-refractivity contribution >= 4 is 33.5 Å². The Bertz CT molecular complexity index is 913. The Balaban J connectivity index is 2.09. The molecule has 118 valence electrons. The van der Waals surface area contributed by atoms with E-state index >= 15 is 0 Å². The summed E-state index contributed by atoms with van der Waals surface area (Å²) in [4.78, 5) is 13.1. The van der Waals surface area contributed by atoms with Gasteiger partial charge in [-0.1, -0.05) is 18.2 Å². The van der Waals surface area contributed by atoms with Crippen molar-refractivity contribution < 1.29 is 17.6 Å². The summed E-state index contributed by atoms with van der Waals surface area (Å²) in [6.07, 6.45) is 3.51. The maximum Gasteiger partial charge on any atom is 0.191 e. The molecule has 0 N–H and O–H groups in total. The Morgan fingerprint density at radius 3 is 2.48 bits per heavy atom. The van der Waals surface area contributed by atoms with E-state index < -0.39 is 32.1 Å². The van der Waals surface area contributed by atoms with Crippen molar-refractivity contribution in [2.75, 3.05) is 12.0 Å². The van der Waals surface area contributed by atoms with Crippen LogP contribution in [0.1, 0.15) is 15.9 Å². The third kappa shape index (κ3) is 2.96. The number of carbonyl (C=O) groups is 1. The van der Waals surface area contributed by atoms with Crippen molar-refractivity contribution in [1.82, 2.24) is 0 Å². The van der Waals surface area contributed by atoms with E-state index in [0.29, 0.717) is 0 Å². The Kier molecular flexibility index (Phi) is 4.12. The minimum Gasteiger partial charge on any atom is -0.289 e. The van der Waals surface area contributed by atoms with Gasteiger partial charge in [-0.05, 0) is 42.2 Å². The molecule has 0 aromatic heterocycles. The average Bonchev–Trinajstić information content (AvgIpc) is 2.52. The van der Waals surface area contributed by atoms with E-state index in [1.54, 1.807) is 17.8 Å². The fourth-order valence-electron chi connectivity index (χ4n) is 2.53. The maximum atomic E-state index is 13.8. The van der Waals surface area contributed by atoms with Gasteiger partial charge in [0.15, 0.2) is 15.6 Å². The lowest BCUT2D eigenvalue weighted by Crippen LogP contribution is -2.25. The van der Waals surface area contributed by atoms with Gasteiger partial charge < -0.3 is 0 Å². The second kappa shape index (κ2) is 5.94. The molecule has 6 heteroatoms. The smallest absolute Gasteiger partial charge is 0.191 e. The van der Waals surface area contributed by atoms with Crippen molar-refractivity contribution in [3.63, 3.8) is 0 Å². The number of halogens is 1. The van der Waals surface area contributed by atoms with Crippen LogP contribution < -0.4 is 0 Å². The van der Waals surface area contributed by atoms with Crippen molar-refractivity contribution in [3.05, 3.63) is 65.0 Å². The molecule has 2 aromatic rings. The summed E-state index contributed by atoms with van der Waals surface area (Å²) in [7, 11) is -3.86. The van der Waals surface area contributed by atoms with Gasteiger partial charge in [-0.3, -0.25) is 4.79 Å². The first-order valence-electron chi connectivity index (χ1n) is 6.83. The molecule has 0 saturated heterocycles. The number of thioether (sulfide) groups is 1. The molecule has 1 aliphatic rings. The molecular formula is C17H13FO3S2. The second-order valence-corrected chi connectivity index (χ2v) is 7.95. The van der Waals surface area contributed by atoms with Crippen LogP contribution in [0.4, 0.5) is 4.39 Å². The molecule has 0 atom stereocenters. The van der Waals surface area contributed by atoms with Gasteiger partial charge in [0, 0.05) is 16.0 Å². The van der Waals surface area contributed by atoms with Crippen LogP contribution in [0.5, 0.6) is 0 Å². The number of hydrogen-bond acceptors (Lipinski definition) is 4. The first-order valence-corrected chi connectivity index (χ1v) is 9.70. The molecule has 0 radical (unpaired) electrons. The Morgan fingerprint density at radius 2 is 1.83 bits per heavy atom. The fraction of sp³-hybridized carbons (Fsp3) is 0.118. The topological polar surface area (TPSA) is 51.2 Å². The van der Waals surface area contributed by atoms with Crippen LogP contribution in [-0.4, -0.2) is 26.2 Å². The second-order valence-electron chi connectivity index (χ2n) is 5.15. The molecule has 23 heavy (non-hydrogen) atoms. The summed E-state index contributed by atoms with van der Waals surface area (Å²) in [6.45, 7) is 0. The summed E-state index contributed by atoms with van der Waals surface area (Å²) in [5.74, 6) is -1.80. The Hall–Kier alpha value is -1.92. The summed E-state index contributed by atoms with van der Waals surface area (Å²) in [5, 5.41) is 0. The fourth-order valence-corrected chi connectivity index (χ4v) is 4.57. The molecule has 0 unspecified atom stereocenters. The lowest BCUT2D eigenvalue weighted by molar-refractivity contribution is 0.103. The van der Waals surface area contributed by atoms with Crippen LogP contribution in [0.3, 0.4) is 0 Å². The van der Waals surface area contributed by atoms with Gasteiger partial charge in [0.2, 0.25) is 0 Å². The molecule has 3 rings (SSSR count). The quantitative estimate of drug-likeness (QED) is 0.615. The number of ketones is 1. The molecule has 2 aromatic carbocycles. The summed E-state index contributed by atoms with van der Waals surface area (Å²) >= 11 is 1.59. The highest BCUT2D eigenvalue weighted by Gasteiger charge is 2.35. The highest BCUT2D eigenvalue weighted by Crippen LogP contribution is 2.31. The molecule has 0 saturated carbocycles. The van der Waals surface area contributed by atoms with Crippen LogP contribution in [-0.2, 0) is 9.84 Å². The van der Waals surface area contributed by atoms with Crippen LogP contribution in [0.25, 0.3) is 6.08 Å². The zero-order valence-electron chi connectivity index (χ0n) is 12.2. The first-order chi connectivity index (χ1) is 10.9. The molecule has 0 amide bonds. The Morgan fingerprint density at radius 1 is 1.13 bits per heavy atom. The van der Waals surface area contributed by atoms with Crippen LogP contribution in [0.15, 0.2) is 57.8 Å². The molecule has 1 aliphatic heterocycles. The molecule has 0 aliphatic carbocycles. The van der Waals surface area contributed by atoms with E-state index in [9.17, 15) is 17.6 Å². The van der Waals surface area contributed by atoms with Crippen molar-refractivity contribution in [2.24, 2.45) is 0 Å². The van der Waals surface area contributed by atoms with Gasteiger partial charge in [-0.2, -0.15) is 0 Å². The predicted octanol–water partition coefficient (Wildman–Crippen LogP) is 3.60. The summed E-state index contributed by atoms with van der Waals surface area (Å²) in [5.41, 5.74) is 0.796. The molecule has 0 spiro atoms. The summed E-state index contributed by atoms with van der Waals surface area (Å²) < 4.78 is 38.4. The monoisotopic (exact) mass is 348 g/mol. The molecular weight excluding hydrogens is 335 g/mol. The van der Waals surface area contributed by atoms with Gasteiger partial charge in [0.25, 0.3) is 0 Å². The highest BCUT2D eigenvalue weighted by atomic mass is 32.2. The average molecular weight is 348 g/mol. The van der Waals surface area contributed by atoms with E-state index in [2.05, 4.69) is 0 Å².